The molecule has 0 bridgehead atoms. The van der Waals surface area contributed by atoms with Crippen molar-refractivity contribution in [3.63, 3.8) is 0 Å². The zero-order valence-corrected chi connectivity index (χ0v) is 27.0. The summed E-state index contributed by atoms with van der Waals surface area (Å²) in [5.41, 5.74) is 9.52. The SMILES string of the molecule is C=C/C(=C\C(=C/C)C(=C)/C=C(C(=C)c1nc2nccc(-c3ccc(F)cc3)c2[nH]1)\C(=C/C)NC)CNCc1ccccc1.CC. The number of nitrogens with zero attached hydrogens (tertiary/aromatic N) is 2. The minimum Gasteiger partial charge on any atom is -0.388 e. The predicted octanol–water partition coefficient (Wildman–Crippen LogP) is 9.26. The maximum atomic E-state index is 13.6. The van der Waals surface area contributed by atoms with E-state index in [0.717, 1.165) is 51.2 Å². The lowest BCUT2D eigenvalue weighted by Crippen LogP contribution is -2.16. The monoisotopic (exact) mass is 601 g/mol. The molecule has 0 atom stereocenters. The van der Waals surface area contributed by atoms with Gasteiger partial charge in [0.15, 0.2) is 5.65 Å². The van der Waals surface area contributed by atoms with Crippen molar-refractivity contribution in [1.82, 2.24) is 25.6 Å². The van der Waals surface area contributed by atoms with Gasteiger partial charge in [0.1, 0.15) is 11.6 Å². The number of imidazole rings is 1. The standard InChI is InChI=1S/C37H38FN5.C2H6/c1-7-27(23-40-24-28-13-11-10-12-14-28)22-29(8-2)25(4)21-33(34(9-3)39-6)26(5)36-42-35-32(19-20-41-37(35)43-36)30-15-17-31(38)18-16-30;1-2/h7-22,39-40H,1,4-5,23-24H2,2-3,6H3,(H,41,42,43);1-2H3/b27-22+,29-8+,33-21-,34-9+;. The molecule has 0 aliphatic rings. The summed E-state index contributed by atoms with van der Waals surface area (Å²) < 4.78 is 13.6. The molecule has 2 heterocycles. The van der Waals surface area contributed by atoms with E-state index in [0.29, 0.717) is 23.6 Å². The van der Waals surface area contributed by atoms with Crippen LogP contribution in [0.4, 0.5) is 4.39 Å². The molecule has 0 aliphatic heterocycles. The van der Waals surface area contributed by atoms with Crippen LogP contribution >= 0.6 is 0 Å². The summed E-state index contributed by atoms with van der Waals surface area (Å²) in [5.74, 6) is 0.299. The van der Waals surface area contributed by atoms with Crippen molar-refractivity contribution >= 4 is 16.7 Å². The van der Waals surface area contributed by atoms with E-state index < -0.39 is 0 Å². The summed E-state index contributed by atoms with van der Waals surface area (Å²) in [6.07, 6.45) is 11.7. The second-order valence-electron chi connectivity index (χ2n) is 9.92. The van der Waals surface area contributed by atoms with Gasteiger partial charge in [0, 0.05) is 48.7 Å². The van der Waals surface area contributed by atoms with E-state index in [4.69, 9.17) is 4.98 Å². The number of aromatic nitrogens is 3. The number of fused-ring (bicyclic) bond motifs is 1. The number of pyridine rings is 1. The number of aromatic amines is 1. The Balaban J connectivity index is 0.00000271. The van der Waals surface area contributed by atoms with Gasteiger partial charge in [0.2, 0.25) is 0 Å². The molecule has 0 amide bonds. The van der Waals surface area contributed by atoms with Crippen LogP contribution in [-0.2, 0) is 6.54 Å². The molecule has 0 radical (unpaired) electrons. The van der Waals surface area contributed by atoms with Gasteiger partial charge in [0.25, 0.3) is 0 Å². The topological polar surface area (TPSA) is 65.6 Å². The van der Waals surface area contributed by atoms with Gasteiger partial charge in [-0.1, -0.05) is 100 Å². The van der Waals surface area contributed by atoms with Crippen molar-refractivity contribution in [2.75, 3.05) is 13.6 Å². The highest BCUT2D eigenvalue weighted by molar-refractivity contribution is 5.92. The Morgan fingerprint density at radius 3 is 2.29 bits per heavy atom. The molecule has 3 N–H and O–H groups in total. The number of H-pyrrole nitrogens is 1. The second kappa shape index (κ2) is 17.3. The first-order chi connectivity index (χ1) is 21.9. The largest absolute Gasteiger partial charge is 0.388 e. The first kappa shape index (κ1) is 34.4. The van der Waals surface area contributed by atoms with E-state index in [-0.39, 0.29) is 5.82 Å². The Labute approximate surface area is 267 Å². The van der Waals surface area contributed by atoms with Crippen molar-refractivity contribution in [3.8, 4) is 11.1 Å². The molecule has 0 unspecified atom stereocenters. The maximum absolute atomic E-state index is 13.6. The van der Waals surface area contributed by atoms with Gasteiger partial charge in [-0.25, -0.2) is 14.4 Å². The first-order valence-electron chi connectivity index (χ1n) is 15.2. The molecule has 0 fully saturated rings. The van der Waals surface area contributed by atoms with Gasteiger partial charge in [-0.15, -0.1) is 0 Å². The lowest BCUT2D eigenvalue weighted by molar-refractivity contribution is 0.628. The van der Waals surface area contributed by atoms with Gasteiger partial charge in [-0.2, -0.15) is 0 Å². The molecule has 45 heavy (non-hydrogen) atoms. The summed E-state index contributed by atoms with van der Waals surface area (Å²) in [7, 11) is 1.87. The number of benzene rings is 2. The minimum atomic E-state index is -0.285. The Morgan fingerprint density at radius 2 is 1.67 bits per heavy atom. The zero-order valence-electron chi connectivity index (χ0n) is 27.0. The fourth-order valence-corrected chi connectivity index (χ4v) is 4.76. The number of hydrogen-bond donors (Lipinski definition) is 3. The summed E-state index contributed by atoms with van der Waals surface area (Å²) in [6, 6.07) is 18.6. The van der Waals surface area contributed by atoms with Gasteiger partial charge < -0.3 is 15.6 Å². The molecule has 0 aliphatic carbocycles. The smallest absolute Gasteiger partial charge is 0.178 e. The lowest BCUT2D eigenvalue weighted by Gasteiger charge is -2.15. The van der Waals surface area contributed by atoms with E-state index in [9.17, 15) is 4.39 Å². The van der Waals surface area contributed by atoms with Crippen LogP contribution in [0.1, 0.15) is 39.1 Å². The zero-order chi connectivity index (χ0) is 32.8. The highest BCUT2D eigenvalue weighted by Gasteiger charge is 2.17. The van der Waals surface area contributed by atoms with Crippen LogP contribution in [0.2, 0.25) is 0 Å². The van der Waals surface area contributed by atoms with Gasteiger partial charge >= 0.3 is 0 Å². The third-order valence-corrected chi connectivity index (χ3v) is 7.11. The summed E-state index contributed by atoms with van der Waals surface area (Å²) in [6.45, 7) is 22.2. The molecule has 5 nitrogen and oxygen atoms in total. The molecule has 2 aromatic heterocycles. The first-order valence-corrected chi connectivity index (χ1v) is 15.2. The summed E-state index contributed by atoms with van der Waals surface area (Å²) >= 11 is 0. The van der Waals surface area contributed by atoms with E-state index in [1.165, 1.54) is 17.7 Å². The fourth-order valence-electron chi connectivity index (χ4n) is 4.76. The lowest BCUT2D eigenvalue weighted by atomic mass is 9.96. The van der Waals surface area contributed by atoms with Crippen LogP contribution in [0.5, 0.6) is 0 Å². The average Bonchev–Trinajstić information content (AvgIpc) is 3.52. The van der Waals surface area contributed by atoms with Gasteiger partial charge in [-0.3, -0.25) is 0 Å². The number of likely N-dealkylation sites (N-methyl/N-ethyl adjacent to an activating group) is 1. The van der Waals surface area contributed by atoms with Gasteiger partial charge in [0.05, 0.1) is 5.52 Å². The summed E-state index contributed by atoms with van der Waals surface area (Å²) in [4.78, 5) is 12.6. The fraction of sp³-hybridized carbons (Fsp3) is 0.179. The molecule has 0 saturated heterocycles. The van der Waals surface area contributed by atoms with E-state index in [1.807, 2.05) is 83.3 Å². The summed E-state index contributed by atoms with van der Waals surface area (Å²) in [5, 5.41) is 6.76. The number of nitrogens with one attached hydrogen (secondary N) is 3. The molecule has 4 aromatic rings. The number of hydrogen-bond acceptors (Lipinski definition) is 4. The molecule has 0 saturated carbocycles. The van der Waals surface area contributed by atoms with Crippen LogP contribution in [0.25, 0.3) is 27.9 Å². The number of rotatable bonds is 13. The van der Waals surface area contributed by atoms with Crippen LogP contribution in [0.15, 0.2) is 145 Å². The van der Waals surface area contributed by atoms with E-state index in [1.54, 1.807) is 18.3 Å². The van der Waals surface area contributed by atoms with Crippen molar-refractivity contribution in [2.45, 2.75) is 34.2 Å². The third kappa shape index (κ3) is 8.97. The average molecular weight is 602 g/mol. The normalized spacial score (nSPS) is 12.4. The molecule has 6 heteroatoms. The minimum absolute atomic E-state index is 0.285. The Morgan fingerprint density at radius 1 is 0.956 bits per heavy atom. The Bertz CT molecular complexity index is 1740. The van der Waals surface area contributed by atoms with Gasteiger partial charge in [-0.05, 0) is 66.0 Å². The molecular weight excluding hydrogens is 557 g/mol. The van der Waals surface area contributed by atoms with Crippen LogP contribution in [-0.4, -0.2) is 28.5 Å². The van der Waals surface area contributed by atoms with Crippen LogP contribution in [0, 0.1) is 5.82 Å². The third-order valence-electron chi connectivity index (χ3n) is 7.11. The Hall–Kier alpha value is -5.07. The van der Waals surface area contributed by atoms with E-state index in [2.05, 4.69) is 58.5 Å². The molecule has 232 valence electrons. The highest BCUT2D eigenvalue weighted by Crippen LogP contribution is 2.31. The quantitative estimate of drug-likeness (QED) is 0.134. The second-order valence-corrected chi connectivity index (χ2v) is 9.92. The predicted molar refractivity (Wildman–Crippen MR) is 190 cm³/mol. The van der Waals surface area contributed by atoms with Crippen molar-refractivity contribution in [3.05, 3.63) is 162 Å². The number of allylic oxidation sites excluding steroid dienone is 7. The molecular formula is C39H44FN5. The van der Waals surface area contributed by atoms with Crippen LogP contribution in [0.3, 0.4) is 0 Å². The molecule has 4 rings (SSSR count). The number of halogens is 1. The molecule has 0 spiro atoms. The van der Waals surface area contributed by atoms with Crippen LogP contribution < -0.4 is 10.6 Å². The van der Waals surface area contributed by atoms with Crippen molar-refractivity contribution in [1.29, 1.82) is 0 Å². The Kier molecular flexibility index (Phi) is 13.2. The molecule has 2 aromatic carbocycles. The maximum Gasteiger partial charge on any atom is 0.178 e. The highest BCUT2D eigenvalue weighted by atomic mass is 19.1. The van der Waals surface area contributed by atoms with Crippen molar-refractivity contribution < 1.29 is 4.39 Å². The van der Waals surface area contributed by atoms with Crippen molar-refractivity contribution in [2.24, 2.45) is 0 Å². The van der Waals surface area contributed by atoms with E-state index >= 15 is 0 Å².